The summed E-state index contributed by atoms with van der Waals surface area (Å²) in [4.78, 5) is 36.2. The second kappa shape index (κ2) is 5.51. The van der Waals surface area contributed by atoms with E-state index in [1.54, 1.807) is 0 Å². The molecule has 1 atom stereocenters. The summed E-state index contributed by atoms with van der Waals surface area (Å²) in [5, 5.41) is 8.94. The van der Waals surface area contributed by atoms with E-state index in [9.17, 15) is 14.4 Å². The van der Waals surface area contributed by atoms with Crippen LogP contribution in [0.5, 0.6) is 0 Å². The van der Waals surface area contributed by atoms with E-state index in [0.29, 0.717) is 19.4 Å². The Hall–Kier alpha value is -1.79. The first-order valence-electron chi connectivity index (χ1n) is 5.28. The van der Waals surface area contributed by atoms with E-state index in [2.05, 4.69) is 4.74 Å². The SMILES string of the molecule is COC(=O)CN(C)C(=O)N1CCC[C@H]1C(=O)O. The monoisotopic (exact) mass is 244 g/mol. The molecule has 0 aromatic carbocycles. The summed E-state index contributed by atoms with van der Waals surface area (Å²) in [5.74, 6) is -1.55. The molecule has 1 heterocycles. The molecule has 1 rings (SSSR count). The number of rotatable bonds is 3. The number of carboxylic acids is 1. The number of amides is 2. The van der Waals surface area contributed by atoms with Gasteiger partial charge in [-0.05, 0) is 12.8 Å². The molecule has 1 saturated heterocycles. The summed E-state index contributed by atoms with van der Waals surface area (Å²) in [6.07, 6.45) is 1.11. The summed E-state index contributed by atoms with van der Waals surface area (Å²) in [7, 11) is 2.67. The molecular formula is C10H16N2O5. The Bertz CT molecular complexity index is 331. The molecular weight excluding hydrogens is 228 g/mol. The van der Waals surface area contributed by atoms with Crippen LogP contribution in [0.1, 0.15) is 12.8 Å². The van der Waals surface area contributed by atoms with E-state index in [1.807, 2.05) is 0 Å². The van der Waals surface area contributed by atoms with Crippen LogP contribution in [-0.2, 0) is 14.3 Å². The van der Waals surface area contributed by atoms with Crippen LogP contribution in [-0.4, -0.2) is 66.2 Å². The van der Waals surface area contributed by atoms with Gasteiger partial charge in [0.05, 0.1) is 7.11 Å². The Labute approximate surface area is 98.9 Å². The van der Waals surface area contributed by atoms with E-state index in [0.717, 1.165) is 4.90 Å². The zero-order valence-corrected chi connectivity index (χ0v) is 9.88. The van der Waals surface area contributed by atoms with Crippen LogP contribution in [0.4, 0.5) is 4.79 Å². The third-order valence-corrected chi connectivity index (χ3v) is 2.70. The molecule has 0 unspecified atom stereocenters. The van der Waals surface area contributed by atoms with Gasteiger partial charge in [-0.25, -0.2) is 9.59 Å². The van der Waals surface area contributed by atoms with Gasteiger partial charge in [0.25, 0.3) is 0 Å². The fraction of sp³-hybridized carbons (Fsp3) is 0.700. The highest BCUT2D eigenvalue weighted by Crippen LogP contribution is 2.18. The van der Waals surface area contributed by atoms with Crippen molar-refractivity contribution < 1.29 is 24.2 Å². The second-order valence-corrected chi connectivity index (χ2v) is 3.90. The second-order valence-electron chi connectivity index (χ2n) is 3.90. The number of hydrogen-bond acceptors (Lipinski definition) is 4. The van der Waals surface area contributed by atoms with E-state index in [-0.39, 0.29) is 6.54 Å². The van der Waals surface area contributed by atoms with Gasteiger partial charge in [-0.1, -0.05) is 0 Å². The zero-order chi connectivity index (χ0) is 13.0. The molecule has 17 heavy (non-hydrogen) atoms. The number of carbonyl (C=O) groups excluding carboxylic acids is 2. The van der Waals surface area contributed by atoms with Crippen molar-refractivity contribution >= 4 is 18.0 Å². The highest BCUT2D eigenvalue weighted by Gasteiger charge is 2.35. The maximum absolute atomic E-state index is 11.9. The molecule has 0 aromatic rings. The average molecular weight is 244 g/mol. The van der Waals surface area contributed by atoms with Crippen LogP contribution >= 0.6 is 0 Å². The first-order chi connectivity index (χ1) is 7.97. The van der Waals surface area contributed by atoms with Crippen molar-refractivity contribution in [2.24, 2.45) is 0 Å². The van der Waals surface area contributed by atoms with Crippen molar-refractivity contribution in [2.45, 2.75) is 18.9 Å². The van der Waals surface area contributed by atoms with Gasteiger partial charge < -0.3 is 19.6 Å². The molecule has 2 amide bonds. The van der Waals surface area contributed by atoms with Crippen LogP contribution in [0.3, 0.4) is 0 Å². The third-order valence-electron chi connectivity index (χ3n) is 2.70. The van der Waals surface area contributed by atoms with Gasteiger partial charge in [0, 0.05) is 13.6 Å². The van der Waals surface area contributed by atoms with Crippen molar-refractivity contribution in [3.8, 4) is 0 Å². The number of nitrogens with zero attached hydrogens (tertiary/aromatic N) is 2. The highest BCUT2D eigenvalue weighted by atomic mass is 16.5. The Morgan fingerprint density at radius 1 is 1.47 bits per heavy atom. The molecule has 0 spiro atoms. The molecule has 1 aliphatic rings. The van der Waals surface area contributed by atoms with E-state index in [4.69, 9.17) is 5.11 Å². The minimum atomic E-state index is -1.01. The van der Waals surface area contributed by atoms with E-state index in [1.165, 1.54) is 19.1 Å². The van der Waals surface area contributed by atoms with Crippen LogP contribution in [0, 0.1) is 0 Å². The normalized spacial score (nSPS) is 18.9. The van der Waals surface area contributed by atoms with Gasteiger partial charge in [-0.15, -0.1) is 0 Å². The lowest BCUT2D eigenvalue weighted by molar-refractivity contribution is -0.141. The topological polar surface area (TPSA) is 87.2 Å². The van der Waals surface area contributed by atoms with Crippen molar-refractivity contribution in [1.82, 2.24) is 9.80 Å². The third kappa shape index (κ3) is 3.08. The smallest absolute Gasteiger partial charge is 0.326 e. The highest BCUT2D eigenvalue weighted by molar-refractivity contribution is 5.85. The number of likely N-dealkylation sites (tertiary alicyclic amines) is 1. The molecule has 7 nitrogen and oxygen atoms in total. The van der Waals surface area contributed by atoms with E-state index < -0.39 is 24.0 Å². The maximum Gasteiger partial charge on any atom is 0.326 e. The van der Waals surface area contributed by atoms with Crippen LogP contribution < -0.4 is 0 Å². The predicted octanol–water partition coefficient (Wildman–Crippen LogP) is -0.240. The average Bonchev–Trinajstić information content (AvgIpc) is 2.76. The molecule has 1 N–H and O–H groups in total. The number of aliphatic carboxylic acids is 1. The number of urea groups is 1. The molecule has 1 aliphatic heterocycles. The molecule has 1 fully saturated rings. The summed E-state index contributed by atoms with van der Waals surface area (Å²) in [5.41, 5.74) is 0. The predicted molar refractivity (Wildman–Crippen MR) is 57.4 cm³/mol. The number of hydrogen-bond donors (Lipinski definition) is 1. The lowest BCUT2D eigenvalue weighted by Gasteiger charge is -2.26. The summed E-state index contributed by atoms with van der Waals surface area (Å²) in [6, 6.07) is -1.25. The maximum atomic E-state index is 11.9. The van der Waals surface area contributed by atoms with Gasteiger partial charge in [-0.2, -0.15) is 0 Å². The molecule has 0 saturated carbocycles. The minimum Gasteiger partial charge on any atom is -0.480 e. The number of methoxy groups -OCH3 is 1. The van der Waals surface area contributed by atoms with Crippen LogP contribution in [0.15, 0.2) is 0 Å². The van der Waals surface area contributed by atoms with Gasteiger partial charge in [-0.3, -0.25) is 4.79 Å². The molecule has 7 heteroatoms. The fourth-order valence-electron chi connectivity index (χ4n) is 1.80. The van der Waals surface area contributed by atoms with Crippen molar-refractivity contribution in [1.29, 1.82) is 0 Å². The van der Waals surface area contributed by atoms with Crippen molar-refractivity contribution in [3.05, 3.63) is 0 Å². The Morgan fingerprint density at radius 2 is 2.12 bits per heavy atom. The van der Waals surface area contributed by atoms with Crippen molar-refractivity contribution in [2.75, 3.05) is 27.2 Å². The Morgan fingerprint density at radius 3 is 2.65 bits per heavy atom. The number of esters is 1. The minimum absolute atomic E-state index is 0.182. The number of carbonyl (C=O) groups is 3. The van der Waals surface area contributed by atoms with Gasteiger partial charge >= 0.3 is 18.0 Å². The largest absolute Gasteiger partial charge is 0.480 e. The van der Waals surface area contributed by atoms with Crippen molar-refractivity contribution in [3.63, 3.8) is 0 Å². The molecule has 0 bridgehead atoms. The Balaban J connectivity index is 2.62. The molecule has 0 aromatic heterocycles. The van der Waals surface area contributed by atoms with Gasteiger partial charge in [0.15, 0.2) is 0 Å². The first-order valence-corrected chi connectivity index (χ1v) is 5.28. The molecule has 0 radical (unpaired) electrons. The van der Waals surface area contributed by atoms with Crippen LogP contribution in [0.25, 0.3) is 0 Å². The first kappa shape index (κ1) is 13.3. The van der Waals surface area contributed by atoms with Crippen LogP contribution in [0.2, 0.25) is 0 Å². The number of carboxylic acid groups (broad SMARTS) is 1. The molecule has 96 valence electrons. The van der Waals surface area contributed by atoms with E-state index >= 15 is 0 Å². The summed E-state index contributed by atoms with van der Waals surface area (Å²) < 4.78 is 4.44. The fourth-order valence-corrected chi connectivity index (χ4v) is 1.80. The summed E-state index contributed by atoms with van der Waals surface area (Å²) in [6.45, 7) is 0.222. The quantitative estimate of drug-likeness (QED) is 0.692. The molecule has 0 aliphatic carbocycles. The lowest BCUT2D eigenvalue weighted by atomic mass is 10.2. The van der Waals surface area contributed by atoms with Gasteiger partial charge in [0.1, 0.15) is 12.6 Å². The Kier molecular flexibility index (Phi) is 4.30. The lowest BCUT2D eigenvalue weighted by Crippen LogP contribution is -2.48. The number of ether oxygens (including phenoxy) is 1. The van der Waals surface area contributed by atoms with Gasteiger partial charge in [0.2, 0.25) is 0 Å². The standard InChI is InChI=1S/C10H16N2O5/c1-11(6-8(13)17-2)10(16)12-5-3-4-7(12)9(14)15/h7H,3-6H2,1-2H3,(H,14,15)/t7-/m0/s1. The number of likely N-dealkylation sites (N-methyl/N-ethyl adjacent to an activating group) is 1. The zero-order valence-electron chi connectivity index (χ0n) is 9.88. The summed E-state index contributed by atoms with van der Waals surface area (Å²) >= 11 is 0.